The molecule has 10 heteroatoms. The van der Waals surface area contributed by atoms with Crippen molar-refractivity contribution < 1.29 is 19.1 Å². The molecule has 0 atom stereocenters. The summed E-state index contributed by atoms with van der Waals surface area (Å²) in [7, 11) is 0. The number of benzene rings is 2. The molecule has 0 radical (unpaired) electrons. The summed E-state index contributed by atoms with van der Waals surface area (Å²) >= 11 is 18.5. The van der Waals surface area contributed by atoms with E-state index in [1.54, 1.807) is 43.3 Å². The Balaban J connectivity index is 1.93. The van der Waals surface area contributed by atoms with Crippen molar-refractivity contribution in [3.05, 3.63) is 63.1 Å². The van der Waals surface area contributed by atoms with Gasteiger partial charge in [-0.15, -0.1) is 0 Å². The lowest BCUT2D eigenvalue weighted by atomic mass is 10.0. The van der Waals surface area contributed by atoms with E-state index in [1.807, 2.05) is 0 Å². The molecule has 31 heavy (non-hydrogen) atoms. The summed E-state index contributed by atoms with van der Waals surface area (Å²) in [5, 5.41) is 5.64. The number of nitrogens with one attached hydrogen (secondary N) is 2. The summed E-state index contributed by atoms with van der Waals surface area (Å²) in [6, 6.07) is 11.0. The molecule has 1 heterocycles. The molecule has 3 aromatic rings. The Morgan fingerprint density at radius 2 is 1.77 bits per heavy atom. The van der Waals surface area contributed by atoms with Gasteiger partial charge in [0, 0.05) is 17.5 Å². The first-order valence-electron chi connectivity index (χ1n) is 9.10. The number of amides is 3. The fraction of sp³-hybridized carbons (Fsp3) is 0.143. The van der Waals surface area contributed by atoms with E-state index in [9.17, 15) is 14.4 Å². The molecule has 0 aliphatic heterocycles. The Morgan fingerprint density at radius 3 is 2.52 bits per heavy atom. The van der Waals surface area contributed by atoms with Crippen molar-refractivity contribution in [2.45, 2.75) is 6.92 Å². The highest BCUT2D eigenvalue weighted by molar-refractivity contribution is 6.49. The highest BCUT2D eigenvalue weighted by atomic mass is 35.5. The van der Waals surface area contributed by atoms with Gasteiger partial charge in [-0.1, -0.05) is 53.0 Å². The molecule has 0 unspecified atom stereocenters. The van der Waals surface area contributed by atoms with Crippen LogP contribution in [-0.4, -0.2) is 36.0 Å². The molecule has 0 bridgehead atoms. The zero-order chi connectivity index (χ0) is 22.5. The molecular formula is C21H16Cl3N3O4. The van der Waals surface area contributed by atoms with Crippen LogP contribution in [0.4, 0.5) is 4.79 Å². The van der Waals surface area contributed by atoms with Gasteiger partial charge in [-0.05, 0) is 31.2 Å². The van der Waals surface area contributed by atoms with Crippen molar-refractivity contribution in [3.63, 3.8) is 0 Å². The van der Waals surface area contributed by atoms with Gasteiger partial charge < -0.3 is 10.1 Å². The zero-order valence-corrected chi connectivity index (χ0v) is 18.4. The standard InChI is InChI=1S/C21H16Cl3N3O4/c1-2-25-21(30)27-17(28)10-31-20(29)13-9-16(26-15-6-4-3-5-11(13)15)12-7-8-14(22)19(24)18(12)23/h3-9H,2,10H2,1H3,(H2,25,27,28,30). The van der Waals surface area contributed by atoms with Gasteiger partial charge >= 0.3 is 12.0 Å². The van der Waals surface area contributed by atoms with E-state index in [4.69, 9.17) is 39.5 Å². The van der Waals surface area contributed by atoms with Gasteiger partial charge in [0.05, 0.1) is 31.8 Å². The molecule has 160 valence electrons. The monoisotopic (exact) mass is 479 g/mol. The Bertz CT molecular complexity index is 1180. The lowest BCUT2D eigenvalue weighted by Crippen LogP contribution is -2.41. The van der Waals surface area contributed by atoms with Crippen molar-refractivity contribution in [1.82, 2.24) is 15.6 Å². The Hall–Kier alpha value is -2.87. The summed E-state index contributed by atoms with van der Waals surface area (Å²) in [5.41, 5.74) is 1.54. The number of fused-ring (bicyclic) bond motifs is 1. The van der Waals surface area contributed by atoms with E-state index in [1.165, 1.54) is 6.07 Å². The van der Waals surface area contributed by atoms with Crippen LogP contribution in [0.3, 0.4) is 0 Å². The number of pyridine rings is 1. The molecule has 2 aromatic carbocycles. The number of aromatic nitrogens is 1. The molecule has 1 aromatic heterocycles. The number of rotatable bonds is 5. The summed E-state index contributed by atoms with van der Waals surface area (Å²) in [6.45, 7) is 1.42. The van der Waals surface area contributed by atoms with Gasteiger partial charge in [-0.3, -0.25) is 10.1 Å². The third kappa shape index (κ3) is 5.25. The van der Waals surface area contributed by atoms with Crippen molar-refractivity contribution in [3.8, 4) is 11.3 Å². The quantitative estimate of drug-likeness (QED) is 0.401. The highest BCUT2D eigenvalue weighted by Gasteiger charge is 2.19. The number of ether oxygens (including phenoxy) is 1. The zero-order valence-electron chi connectivity index (χ0n) is 16.2. The lowest BCUT2D eigenvalue weighted by molar-refractivity contribution is -0.123. The predicted octanol–water partition coefficient (Wildman–Crippen LogP) is 4.86. The average Bonchev–Trinajstić information content (AvgIpc) is 2.75. The minimum Gasteiger partial charge on any atom is -0.452 e. The molecule has 7 nitrogen and oxygen atoms in total. The first-order valence-corrected chi connectivity index (χ1v) is 10.2. The number of esters is 1. The third-order valence-corrected chi connectivity index (χ3v) is 5.47. The van der Waals surface area contributed by atoms with Crippen molar-refractivity contribution in [1.29, 1.82) is 0 Å². The number of hydrogen-bond donors (Lipinski definition) is 2. The molecule has 0 aliphatic carbocycles. The smallest absolute Gasteiger partial charge is 0.339 e. The van der Waals surface area contributed by atoms with Crippen LogP contribution in [0.2, 0.25) is 15.1 Å². The normalized spacial score (nSPS) is 10.6. The maximum Gasteiger partial charge on any atom is 0.339 e. The van der Waals surface area contributed by atoms with Crippen LogP contribution in [0.15, 0.2) is 42.5 Å². The van der Waals surface area contributed by atoms with E-state index < -0.39 is 24.5 Å². The van der Waals surface area contributed by atoms with Crippen LogP contribution in [0.25, 0.3) is 22.2 Å². The van der Waals surface area contributed by atoms with Crippen LogP contribution in [-0.2, 0) is 9.53 Å². The van der Waals surface area contributed by atoms with E-state index in [2.05, 4.69) is 15.6 Å². The minimum absolute atomic E-state index is 0.168. The second-order valence-electron chi connectivity index (χ2n) is 6.28. The number of hydrogen-bond acceptors (Lipinski definition) is 5. The maximum atomic E-state index is 12.8. The van der Waals surface area contributed by atoms with E-state index >= 15 is 0 Å². The number of carbonyl (C=O) groups is 3. The fourth-order valence-electron chi connectivity index (χ4n) is 2.78. The van der Waals surface area contributed by atoms with Crippen molar-refractivity contribution in [2.75, 3.05) is 13.2 Å². The number of para-hydroxylation sites is 1. The van der Waals surface area contributed by atoms with Gasteiger partial charge in [-0.2, -0.15) is 0 Å². The Kier molecular flexibility index (Phi) is 7.33. The fourth-order valence-corrected chi connectivity index (χ4v) is 3.41. The van der Waals surface area contributed by atoms with Gasteiger partial charge in [0.2, 0.25) is 0 Å². The third-order valence-electron chi connectivity index (χ3n) is 4.17. The summed E-state index contributed by atoms with van der Waals surface area (Å²) in [5.74, 6) is -1.52. The summed E-state index contributed by atoms with van der Waals surface area (Å²) in [6.07, 6.45) is 0. The van der Waals surface area contributed by atoms with Crippen LogP contribution in [0, 0.1) is 0 Å². The Labute approximate surface area is 192 Å². The average molecular weight is 481 g/mol. The van der Waals surface area contributed by atoms with Crippen LogP contribution < -0.4 is 10.6 Å². The number of imide groups is 1. The molecule has 3 rings (SSSR count). The van der Waals surface area contributed by atoms with Gasteiger partial charge in [0.25, 0.3) is 5.91 Å². The second-order valence-corrected chi connectivity index (χ2v) is 7.44. The van der Waals surface area contributed by atoms with E-state index in [0.29, 0.717) is 28.7 Å². The van der Waals surface area contributed by atoms with Gasteiger partial charge in [0.1, 0.15) is 0 Å². The maximum absolute atomic E-state index is 12.8. The number of carbonyl (C=O) groups excluding carboxylic acids is 3. The molecule has 0 fully saturated rings. The number of nitrogens with zero attached hydrogens (tertiary/aromatic N) is 1. The van der Waals surface area contributed by atoms with E-state index in [-0.39, 0.29) is 20.6 Å². The molecule has 2 N–H and O–H groups in total. The van der Waals surface area contributed by atoms with Gasteiger partial charge in [0.15, 0.2) is 6.61 Å². The lowest BCUT2D eigenvalue weighted by Gasteiger charge is -2.12. The largest absolute Gasteiger partial charge is 0.452 e. The molecule has 0 saturated heterocycles. The van der Waals surface area contributed by atoms with E-state index in [0.717, 1.165) is 0 Å². The van der Waals surface area contributed by atoms with Crippen LogP contribution >= 0.6 is 34.8 Å². The van der Waals surface area contributed by atoms with Crippen LogP contribution in [0.5, 0.6) is 0 Å². The summed E-state index contributed by atoms with van der Waals surface area (Å²) < 4.78 is 5.10. The highest BCUT2D eigenvalue weighted by Crippen LogP contribution is 2.38. The van der Waals surface area contributed by atoms with Crippen molar-refractivity contribution >= 4 is 63.6 Å². The molecule has 3 amide bonds. The van der Waals surface area contributed by atoms with Crippen molar-refractivity contribution in [2.24, 2.45) is 0 Å². The molecule has 0 spiro atoms. The Morgan fingerprint density at radius 1 is 1.03 bits per heavy atom. The van der Waals surface area contributed by atoms with Gasteiger partial charge in [-0.25, -0.2) is 14.6 Å². The molecule has 0 saturated carbocycles. The molecular weight excluding hydrogens is 465 g/mol. The first kappa shape index (κ1) is 22.8. The van der Waals surface area contributed by atoms with Crippen LogP contribution in [0.1, 0.15) is 17.3 Å². The second kappa shape index (κ2) is 9.96. The first-order chi connectivity index (χ1) is 14.8. The number of urea groups is 1. The SMILES string of the molecule is CCNC(=O)NC(=O)COC(=O)c1cc(-c2ccc(Cl)c(Cl)c2Cl)nc2ccccc12. The minimum atomic E-state index is -0.762. The topological polar surface area (TPSA) is 97.4 Å². The predicted molar refractivity (Wildman–Crippen MR) is 120 cm³/mol. The number of halogens is 3. The summed E-state index contributed by atoms with van der Waals surface area (Å²) in [4.78, 5) is 40.5. The molecule has 0 aliphatic rings.